The zero-order valence-electron chi connectivity index (χ0n) is 10.9. The summed E-state index contributed by atoms with van der Waals surface area (Å²) in [6.07, 6.45) is 2.43. The predicted molar refractivity (Wildman–Crippen MR) is 79.7 cm³/mol. The fourth-order valence-corrected chi connectivity index (χ4v) is 2.82. The summed E-state index contributed by atoms with van der Waals surface area (Å²) >= 11 is 1.61. The average Bonchev–Trinajstić information content (AvgIpc) is 3.32. The molecule has 1 saturated carbocycles. The molecule has 0 spiro atoms. The minimum atomic E-state index is 0.524. The van der Waals surface area contributed by atoms with Crippen molar-refractivity contribution < 1.29 is 9.47 Å². The Kier molecular flexibility index (Phi) is 2.95. The third kappa shape index (κ3) is 2.43. The Morgan fingerprint density at radius 2 is 1.95 bits per heavy atom. The highest BCUT2D eigenvalue weighted by Crippen LogP contribution is 2.33. The molecule has 5 nitrogen and oxygen atoms in total. The first-order valence-electron chi connectivity index (χ1n) is 6.75. The number of hydrazine groups is 1. The second-order valence-electron chi connectivity index (χ2n) is 4.92. The van der Waals surface area contributed by atoms with Crippen molar-refractivity contribution in [3.63, 3.8) is 0 Å². The highest BCUT2D eigenvalue weighted by atomic mass is 32.2. The highest BCUT2D eigenvalue weighted by Gasteiger charge is 2.22. The van der Waals surface area contributed by atoms with Gasteiger partial charge in [-0.3, -0.25) is 15.8 Å². The van der Waals surface area contributed by atoms with Crippen LogP contribution < -0.4 is 20.3 Å². The second-order valence-corrected chi connectivity index (χ2v) is 5.78. The minimum Gasteiger partial charge on any atom is -0.486 e. The Morgan fingerprint density at radius 1 is 1.10 bits per heavy atom. The Morgan fingerprint density at radius 3 is 2.70 bits per heavy atom. The standard InChI is InChI=1S/C14H15N3O2S/c1-4-12-13(19-6-5-18-12)7-9(1)11-8-20-14(17-16-11)15-10-2-3-10/h1,4,7-8,10,16H,2-3,5-6H2,(H,15,17). The molecule has 0 aromatic heterocycles. The number of amidine groups is 1. The van der Waals surface area contributed by atoms with Gasteiger partial charge in [-0.2, -0.15) is 0 Å². The molecule has 0 atom stereocenters. The van der Waals surface area contributed by atoms with Crippen molar-refractivity contribution >= 4 is 22.6 Å². The van der Waals surface area contributed by atoms with Crippen LogP contribution in [0, 0.1) is 0 Å². The molecule has 2 aliphatic heterocycles. The van der Waals surface area contributed by atoms with Gasteiger partial charge in [-0.25, -0.2) is 0 Å². The topological polar surface area (TPSA) is 54.9 Å². The van der Waals surface area contributed by atoms with Gasteiger partial charge in [-0.05, 0) is 31.0 Å². The van der Waals surface area contributed by atoms with Gasteiger partial charge in [0, 0.05) is 11.0 Å². The number of hydrogen-bond acceptors (Lipinski definition) is 5. The van der Waals surface area contributed by atoms with Gasteiger partial charge in [0.15, 0.2) is 16.7 Å². The fraction of sp³-hybridized carbons (Fsp3) is 0.357. The molecule has 0 bridgehead atoms. The van der Waals surface area contributed by atoms with Crippen LogP contribution in [0.5, 0.6) is 11.5 Å². The molecule has 1 aromatic rings. The molecule has 0 radical (unpaired) electrons. The third-order valence-corrected chi connectivity index (χ3v) is 4.08. The van der Waals surface area contributed by atoms with E-state index in [0.717, 1.165) is 27.9 Å². The molecule has 1 aliphatic carbocycles. The summed E-state index contributed by atoms with van der Waals surface area (Å²) in [5.74, 6) is 1.62. The molecule has 0 saturated heterocycles. The van der Waals surface area contributed by atoms with Gasteiger partial charge in [0.1, 0.15) is 13.2 Å². The maximum atomic E-state index is 5.61. The normalized spacial score (nSPS) is 22.8. The van der Waals surface area contributed by atoms with Gasteiger partial charge in [-0.1, -0.05) is 11.8 Å². The lowest BCUT2D eigenvalue weighted by Crippen LogP contribution is -2.37. The maximum Gasteiger partial charge on any atom is 0.180 e. The van der Waals surface area contributed by atoms with E-state index in [2.05, 4.69) is 21.3 Å². The Hall–Kier alpha value is -1.82. The maximum absolute atomic E-state index is 5.61. The van der Waals surface area contributed by atoms with Crippen molar-refractivity contribution in [2.45, 2.75) is 18.9 Å². The van der Waals surface area contributed by atoms with Crippen LogP contribution in [0.4, 0.5) is 0 Å². The number of aliphatic imine (C=N–C) groups is 1. The zero-order valence-corrected chi connectivity index (χ0v) is 11.7. The van der Waals surface area contributed by atoms with Crippen LogP contribution in [0.15, 0.2) is 28.6 Å². The number of nitrogens with zero attached hydrogens (tertiary/aromatic N) is 1. The molecule has 2 heterocycles. The highest BCUT2D eigenvalue weighted by molar-refractivity contribution is 8.16. The Balaban J connectivity index is 1.54. The second kappa shape index (κ2) is 4.94. The molecule has 20 heavy (non-hydrogen) atoms. The van der Waals surface area contributed by atoms with Crippen molar-refractivity contribution in [3.05, 3.63) is 29.2 Å². The van der Waals surface area contributed by atoms with E-state index in [9.17, 15) is 0 Å². The first-order valence-corrected chi connectivity index (χ1v) is 7.63. The van der Waals surface area contributed by atoms with Crippen molar-refractivity contribution in [1.82, 2.24) is 10.9 Å². The van der Waals surface area contributed by atoms with E-state index >= 15 is 0 Å². The van der Waals surface area contributed by atoms with Gasteiger partial charge < -0.3 is 9.47 Å². The van der Waals surface area contributed by atoms with Crippen molar-refractivity contribution in [1.29, 1.82) is 0 Å². The van der Waals surface area contributed by atoms with E-state index in [0.29, 0.717) is 19.3 Å². The molecular weight excluding hydrogens is 274 g/mol. The van der Waals surface area contributed by atoms with Crippen LogP contribution in [0.1, 0.15) is 18.4 Å². The smallest absolute Gasteiger partial charge is 0.180 e. The van der Waals surface area contributed by atoms with Gasteiger partial charge in [-0.15, -0.1) is 0 Å². The molecule has 1 aromatic carbocycles. The quantitative estimate of drug-likeness (QED) is 0.873. The number of nitrogens with one attached hydrogen (secondary N) is 2. The molecule has 2 N–H and O–H groups in total. The molecule has 4 rings (SSSR count). The number of ether oxygens (including phenoxy) is 2. The summed E-state index contributed by atoms with van der Waals surface area (Å²) in [5.41, 5.74) is 8.41. The van der Waals surface area contributed by atoms with E-state index in [1.165, 1.54) is 12.8 Å². The lowest BCUT2D eigenvalue weighted by atomic mass is 10.1. The molecule has 0 unspecified atom stereocenters. The van der Waals surface area contributed by atoms with Crippen LogP contribution >= 0.6 is 11.8 Å². The summed E-state index contributed by atoms with van der Waals surface area (Å²) in [6, 6.07) is 6.50. The molecule has 1 fully saturated rings. The van der Waals surface area contributed by atoms with Gasteiger partial charge in [0.25, 0.3) is 0 Å². The van der Waals surface area contributed by atoms with Gasteiger partial charge in [0.2, 0.25) is 0 Å². The SMILES string of the molecule is C1=C(c2ccc3c(c2)OCCO3)NNC(=NC2CC2)S1. The number of rotatable bonds is 2. The summed E-state index contributed by atoms with van der Waals surface area (Å²) in [7, 11) is 0. The summed E-state index contributed by atoms with van der Waals surface area (Å²) in [5, 5.41) is 3.01. The van der Waals surface area contributed by atoms with E-state index in [4.69, 9.17) is 9.47 Å². The summed E-state index contributed by atoms with van der Waals surface area (Å²) in [6.45, 7) is 1.22. The Labute approximate surface area is 121 Å². The first kappa shape index (κ1) is 12.0. The molecular formula is C14H15N3O2S. The monoisotopic (exact) mass is 289 g/mol. The van der Waals surface area contributed by atoms with E-state index in [1.54, 1.807) is 11.8 Å². The third-order valence-electron chi connectivity index (χ3n) is 3.29. The largest absolute Gasteiger partial charge is 0.486 e. The summed E-state index contributed by atoms with van der Waals surface area (Å²) < 4.78 is 11.1. The molecule has 6 heteroatoms. The lowest BCUT2D eigenvalue weighted by Gasteiger charge is -2.22. The van der Waals surface area contributed by atoms with Gasteiger partial charge in [0.05, 0.1) is 11.7 Å². The predicted octanol–water partition coefficient (Wildman–Crippen LogP) is 2.12. The first-order chi connectivity index (χ1) is 9.88. The van der Waals surface area contributed by atoms with Crippen LogP contribution in [-0.2, 0) is 0 Å². The van der Waals surface area contributed by atoms with Gasteiger partial charge >= 0.3 is 0 Å². The molecule has 104 valence electrons. The minimum absolute atomic E-state index is 0.524. The van der Waals surface area contributed by atoms with Crippen molar-refractivity contribution in [2.24, 2.45) is 4.99 Å². The number of hydrogen-bond donors (Lipinski definition) is 2. The average molecular weight is 289 g/mol. The number of benzene rings is 1. The summed E-state index contributed by atoms with van der Waals surface area (Å²) in [4.78, 5) is 4.56. The zero-order chi connectivity index (χ0) is 13.4. The Bertz CT molecular complexity index is 596. The van der Waals surface area contributed by atoms with Crippen LogP contribution in [0.2, 0.25) is 0 Å². The number of thioether (sulfide) groups is 1. The van der Waals surface area contributed by atoms with Crippen LogP contribution in [-0.4, -0.2) is 24.4 Å². The van der Waals surface area contributed by atoms with Crippen molar-refractivity contribution in [2.75, 3.05) is 13.2 Å². The lowest BCUT2D eigenvalue weighted by molar-refractivity contribution is 0.171. The van der Waals surface area contributed by atoms with Crippen molar-refractivity contribution in [3.8, 4) is 11.5 Å². The van der Waals surface area contributed by atoms with E-state index < -0.39 is 0 Å². The number of fused-ring (bicyclic) bond motifs is 1. The van der Waals surface area contributed by atoms with Crippen LogP contribution in [0.3, 0.4) is 0 Å². The van der Waals surface area contributed by atoms with Crippen LogP contribution in [0.25, 0.3) is 5.70 Å². The molecule has 3 aliphatic rings. The fourth-order valence-electron chi connectivity index (χ4n) is 2.08. The van der Waals surface area contributed by atoms with E-state index in [1.807, 2.05) is 18.2 Å². The van der Waals surface area contributed by atoms with E-state index in [-0.39, 0.29) is 0 Å². The molecule has 0 amide bonds.